The molecule has 0 atom stereocenters. The van der Waals surface area contributed by atoms with E-state index in [0.717, 1.165) is 11.2 Å². The van der Waals surface area contributed by atoms with Gasteiger partial charge in [-0.25, -0.2) is 9.18 Å². The van der Waals surface area contributed by atoms with E-state index in [-0.39, 0.29) is 11.8 Å². The highest BCUT2D eigenvalue weighted by Gasteiger charge is 2.16. The number of ether oxygens (including phenoxy) is 2. The van der Waals surface area contributed by atoms with Gasteiger partial charge in [0.2, 0.25) is 0 Å². The van der Waals surface area contributed by atoms with Gasteiger partial charge in [-0.3, -0.25) is 4.90 Å². The van der Waals surface area contributed by atoms with Crippen LogP contribution in [0.2, 0.25) is 5.02 Å². The Hall–Kier alpha value is -3.62. The lowest BCUT2D eigenvalue weighted by atomic mass is 10.2. The van der Waals surface area contributed by atoms with Crippen molar-refractivity contribution in [1.82, 2.24) is 14.7 Å². The minimum Gasteiger partial charge on any atom is -0.492 e. The SMILES string of the molecule is CN(CCOc1ccc(-n2nc(Oc3ccc(Cl)cc3)oc2=O)c(F)c1)Cc1ccccc1. The predicted octanol–water partition coefficient (Wildman–Crippen LogP) is 4.92. The maximum absolute atomic E-state index is 14.7. The van der Waals surface area contributed by atoms with Crippen LogP contribution >= 0.6 is 11.6 Å². The van der Waals surface area contributed by atoms with Gasteiger partial charge in [0.05, 0.1) is 0 Å². The lowest BCUT2D eigenvalue weighted by molar-refractivity contribution is 0.232. The van der Waals surface area contributed by atoms with Gasteiger partial charge in [0.1, 0.15) is 23.8 Å². The molecule has 0 saturated heterocycles. The molecule has 0 unspecified atom stereocenters. The molecule has 0 fully saturated rings. The first-order valence-corrected chi connectivity index (χ1v) is 10.5. The smallest absolute Gasteiger partial charge is 0.444 e. The van der Waals surface area contributed by atoms with Crippen molar-refractivity contribution in [2.75, 3.05) is 20.2 Å². The Bertz CT molecular complexity index is 1260. The maximum atomic E-state index is 14.7. The van der Waals surface area contributed by atoms with Gasteiger partial charge in [0.15, 0.2) is 5.82 Å². The second-order valence-corrected chi connectivity index (χ2v) is 7.72. The zero-order valence-corrected chi connectivity index (χ0v) is 18.5. The van der Waals surface area contributed by atoms with Crippen LogP contribution in [0.1, 0.15) is 5.56 Å². The summed E-state index contributed by atoms with van der Waals surface area (Å²) in [5, 5.41) is 4.44. The standard InChI is InChI=1S/C24H21ClFN3O4/c1-28(16-17-5-3-2-4-6-17)13-14-31-20-11-12-22(21(26)15-20)29-24(30)33-23(27-29)32-19-9-7-18(25)8-10-19/h2-12,15H,13-14,16H2,1H3. The zero-order chi connectivity index (χ0) is 23.2. The number of halogens is 2. The van der Waals surface area contributed by atoms with E-state index < -0.39 is 11.6 Å². The Morgan fingerprint density at radius 3 is 2.52 bits per heavy atom. The molecule has 0 aliphatic rings. The van der Waals surface area contributed by atoms with Crippen LogP contribution in [0.4, 0.5) is 4.39 Å². The van der Waals surface area contributed by atoms with Gasteiger partial charge >= 0.3 is 11.8 Å². The quantitative estimate of drug-likeness (QED) is 0.346. The second kappa shape index (κ2) is 10.3. The molecule has 0 radical (unpaired) electrons. The van der Waals surface area contributed by atoms with Gasteiger partial charge < -0.3 is 13.9 Å². The maximum Gasteiger partial charge on any atom is 0.444 e. The van der Waals surface area contributed by atoms with Crippen molar-refractivity contribution in [3.8, 4) is 23.3 Å². The molecule has 9 heteroatoms. The van der Waals surface area contributed by atoms with Crippen molar-refractivity contribution in [1.29, 1.82) is 0 Å². The Balaban J connectivity index is 1.37. The van der Waals surface area contributed by atoms with Crippen molar-refractivity contribution in [3.05, 3.63) is 99.8 Å². The molecule has 0 aliphatic carbocycles. The zero-order valence-electron chi connectivity index (χ0n) is 17.8. The molecule has 0 spiro atoms. The van der Waals surface area contributed by atoms with Crippen LogP contribution in [-0.4, -0.2) is 34.9 Å². The minimum absolute atomic E-state index is 0.0803. The normalized spacial score (nSPS) is 11.0. The summed E-state index contributed by atoms with van der Waals surface area (Å²) in [6.07, 6.45) is -0.316. The highest BCUT2D eigenvalue weighted by molar-refractivity contribution is 6.30. The van der Waals surface area contributed by atoms with E-state index in [2.05, 4.69) is 22.1 Å². The number of benzene rings is 3. The summed E-state index contributed by atoms with van der Waals surface area (Å²) in [6.45, 7) is 1.82. The molecule has 4 rings (SSSR count). The summed E-state index contributed by atoms with van der Waals surface area (Å²) in [4.78, 5) is 14.3. The van der Waals surface area contributed by atoms with Crippen LogP contribution in [0.5, 0.6) is 17.6 Å². The first kappa shape index (κ1) is 22.6. The minimum atomic E-state index is -0.880. The number of rotatable bonds is 9. The van der Waals surface area contributed by atoms with E-state index in [9.17, 15) is 9.18 Å². The second-order valence-electron chi connectivity index (χ2n) is 7.29. The molecule has 7 nitrogen and oxygen atoms in total. The van der Waals surface area contributed by atoms with Crippen molar-refractivity contribution in [2.45, 2.75) is 6.54 Å². The Morgan fingerprint density at radius 2 is 1.79 bits per heavy atom. The van der Waals surface area contributed by atoms with Crippen LogP contribution in [0.3, 0.4) is 0 Å². The Kier molecular flexibility index (Phi) is 7.07. The molecule has 0 N–H and O–H groups in total. The van der Waals surface area contributed by atoms with E-state index in [1.807, 2.05) is 25.2 Å². The van der Waals surface area contributed by atoms with Gasteiger partial charge in [-0.1, -0.05) is 47.0 Å². The van der Waals surface area contributed by atoms with Crippen LogP contribution in [0, 0.1) is 5.82 Å². The third kappa shape index (κ3) is 6.00. The van der Waals surface area contributed by atoms with Crippen LogP contribution in [0.25, 0.3) is 5.69 Å². The molecule has 0 saturated carbocycles. The lowest BCUT2D eigenvalue weighted by Crippen LogP contribution is -2.23. The number of nitrogens with zero attached hydrogens (tertiary/aromatic N) is 3. The van der Waals surface area contributed by atoms with Gasteiger partial charge in [-0.05, 0) is 49.0 Å². The molecule has 0 amide bonds. The summed E-state index contributed by atoms with van der Waals surface area (Å²) >= 11 is 5.83. The van der Waals surface area contributed by atoms with E-state index in [1.54, 1.807) is 30.3 Å². The predicted molar refractivity (Wildman–Crippen MR) is 122 cm³/mol. The fourth-order valence-corrected chi connectivity index (χ4v) is 3.23. The Labute approximate surface area is 194 Å². The average molecular weight is 470 g/mol. The molecule has 0 bridgehead atoms. The van der Waals surface area contributed by atoms with E-state index >= 15 is 0 Å². The highest BCUT2D eigenvalue weighted by atomic mass is 35.5. The largest absolute Gasteiger partial charge is 0.492 e. The summed E-state index contributed by atoms with van der Waals surface area (Å²) < 4.78 is 31.5. The van der Waals surface area contributed by atoms with Gasteiger partial charge in [0.25, 0.3) is 0 Å². The van der Waals surface area contributed by atoms with Crippen molar-refractivity contribution in [3.63, 3.8) is 0 Å². The summed E-state index contributed by atoms with van der Waals surface area (Å²) in [7, 11) is 1.99. The lowest BCUT2D eigenvalue weighted by Gasteiger charge is -2.17. The molecule has 1 aromatic heterocycles. The van der Waals surface area contributed by atoms with Gasteiger partial charge in [-0.15, -0.1) is 0 Å². The molecular weight excluding hydrogens is 449 g/mol. The number of hydrogen-bond acceptors (Lipinski definition) is 6. The summed E-state index contributed by atoms with van der Waals surface area (Å²) in [5.41, 5.74) is 1.12. The van der Waals surface area contributed by atoms with Crippen molar-refractivity contribution in [2.24, 2.45) is 0 Å². The van der Waals surface area contributed by atoms with E-state index in [1.165, 1.54) is 17.7 Å². The summed E-state index contributed by atoms with van der Waals surface area (Å²) in [5.74, 6) is -0.847. The highest BCUT2D eigenvalue weighted by Crippen LogP contribution is 2.23. The molecule has 33 heavy (non-hydrogen) atoms. The molecular formula is C24H21ClFN3O4. The number of hydrogen-bond donors (Lipinski definition) is 0. The molecule has 3 aromatic carbocycles. The fourth-order valence-electron chi connectivity index (χ4n) is 3.10. The van der Waals surface area contributed by atoms with Gasteiger partial charge in [0, 0.05) is 24.2 Å². The number of likely N-dealkylation sites (N-methyl/N-ethyl adjacent to an activating group) is 1. The van der Waals surface area contributed by atoms with Gasteiger partial charge in [-0.2, -0.15) is 4.68 Å². The van der Waals surface area contributed by atoms with Crippen molar-refractivity contribution >= 4 is 11.6 Å². The van der Waals surface area contributed by atoms with E-state index in [4.69, 9.17) is 25.5 Å². The number of aromatic nitrogens is 2. The third-order valence-electron chi connectivity index (χ3n) is 4.73. The molecule has 170 valence electrons. The molecule has 1 heterocycles. The van der Waals surface area contributed by atoms with Crippen LogP contribution < -0.4 is 15.2 Å². The first-order valence-electron chi connectivity index (χ1n) is 10.2. The van der Waals surface area contributed by atoms with E-state index in [0.29, 0.717) is 29.7 Å². The first-order chi connectivity index (χ1) is 16.0. The Morgan fingerprint density at radius 1 is 1.06 bits per heavy atom. The molecule has 4 aromatic rings. The third-order valence-corrected chi connectivity index (χ3v) is 4.98. The fraction of sp³-hybridized carbons (Fsp3) is 0.167. The topological polar surface area (TPSA) is 69.7 Å². The van der Waals surface area contributed by atoms with Crippen LogP contribution in [-0.2, 0) is 6.54 Å². The average Bonchev–Trinajstić information content (AvgIpc) is 3.16. The van der Waals surface area contributed by atoms with Crippen LogP contribution in [0.15, 0.2) is 82.0 Å². The van der Waals surface area contributed by atoms with Crippen molar-refractivity contribution < 1.29 is 18.3 Å². The summed E-state index contributed by atoms with van der Waals surface area (Å²) in [6, 6.07) is 20.7. The monoisotopic (exact) mass is 469 g/mol. The molecule has 0 aliphatic heterocycles.